The number of nitrogens with one attached hydrogen (secondary N) is 2. The molecule has 3 rings (SSSR count). The summed E-state index contributed by atoms with van der Waals surface area (Å²) in [5.74, 6) is -1.46. The van der Waals surface area contributed by atoms with E-state index in [-0.39, 0.29) is 11.9 Å². The van der Waals surface area contributed by atoms with E-state index in [1.54, 1.807) is 24.3 Å². The molecule has 0 bridgehead atoms. The van der Waals surface area contributed by atoms with Crippen LogP contribution in [0, 0.1) is 0 Å². The number of esters is 1. The third-order valence-electron chi connectivity index (χ3n) is 4.86. The highest BCUT2D eigenvalue weighted by Crippen LogP contribution is 2.29. The summed E-state index contributed by atoms with van der Waals surface area (Å²) in [6, 6.07) is 13.4. The summed E-state index contributed by atoms with van der Waals surface area (Å²) in [6.45, 7) is 1.12. The van der Waals surface area contributed by atoms with Crippen molar-refractivity contribution in [3.63, 3.8) is 0 Å². The Bertz CT molecular complexity index is 898. The predicted molar refractivity (Wildman–Crippen MR) is 110 cm³/mol. The van der Waals surface area contributed by atoms with E-state index in [0.717, 1.165) is 24.8 Å². The Morgan fingerprint density at radius 1 is 1.14 bits per heavy atom. The van der Waals surface area contributed by atoms with Gasteiger partial charge in [0, 0.05) is 10.6 Å². The Morgan fingerprint density at radius 3 is 2.62 bits per heavy atom. The first-order valence-electron chi connectivity index (χ1n) is 9.54. The van der Waals surface area contributed by atoms with Gasteiger partial charge in [0.1, 0.15) is 6.04 Å². The predicted octanol–water partition coefficient (Wildman–Crippen LogP) is 3.20. The van der Waals surface area contributed by atoms with Crippen molar-refractivity contribution in [2.45, 2.75) is 38.3 Å². The SMILES string of the molecule is C[C@H](NC(=O)c1ccc(Cl)cc1)C(=O)OCC(=O)N[C@H]1CCCc2ccccc21. The van der Waals surface area contributed by atoms with Crippen LogP contribution in [0.1, 0.15) is 47.3 Å². The lowest BCUT2D eigenvalue weighted by Gasteiger charge is -2.26. The van der Waals surface area contributed by atoms with E-state index < -0.39 is 24.5 Å². The summed E-state index contributed by atoms with van der Waals surface area (Å²) in [7, 11) is 0. The zero-order chi connectivity index (χ0) is 20.8. The van der Waals surface area contributed by atoms with E-state index in [1.807, 2.05) is 18.2 Å². The third-order valence-corrected chi connectivity index (χ3v) is 5.11. The molecule has 2 aromatic carbocycles. The second-order valence-electron chi connectivity index (χ2n) is 7.02. The van der Waals surface area contributed by atoms with Gasteiger partial charge in [0.2, 0.25) is 0 Å². The van der Waals surface area contributed by atoms with Crippen molar-refractivity contribution < 1.29 is 19.1 Å². The summed E-state index contributed by atoms with van der Waals surface area (Å²) in [6.07, 6.45) is 2.85. The molecular weight excluding hydrogens is 392 g/mol. The van der Waals surface area contributed by atoms with Crippen LogP contribution >= 0.6 is 11.6 Å². The number of hydrogen-bond acceptors (Lipinski definition) is 4. The molecule has 0 saturated carbocycles. The van der Waals surface area contributed by atoms with Crippen molar-refractivity contribution in [2.24, 2.45) is 0 Å². The van der Waals surface area contributed by atoms with Crippen LogP contribution in [0.3, 0.4) is 0 Å². The number of aryl methyl sites for hydroxylation is 1. The fourth-order valence-corrected chi connectivity index (χ4v) is 3.47. The average Bonchev–Trinajstić information content (AvgIpc) is 2.72. The van der Waals surface area contributed by atoms with Gasteiger partial charge in [-0.15, -0.1) is 0 Å². The van der Waals surface area contributed by atoms with E-state index in [4.69, 9.17) is 16.3 Å². The van der Waals surface area contributed by atoms with Gasteiger partial charge in [-0.1, -0.05) is 35.9 Å². The highest BCUT2D eigenvalue weighted by atomic mass is 35.5. The summed E-state index contributed by atoms with van der Waals surface area (Å²) in [5.41, 5.74) is 2.73. The normalized spacial score (nSPS) is 16.3. The minimum absolute atomic E-state index is 0.0758. The monoisotopic (exact) mass is 414 g/mol. The van der Waals surface area contributed by atoms with Crippen molar-refractivity contribution in [2.75, 3.05) is 6.61 Å². The molecule has 0 fully saturated rings. The van der Waals surface area contributed by atoms with Crippen molar-refractivity contribution in [3.8, 4) is 0 Å². The maximum absolute atomic E-state index is 12.2. The minimum Gasteiger partial charge on any atom is -0.454 e. The highest BCUT2D eigenvalue weighted by Gasteiger charge is 2.23. The molecule has 0 aromatic heterocycles. The number of carbonyl (C=O) groups is 3. The van der Waals surface area contributed by atoms with Gasteiger partial charge in [-0.3, -0.25) is 9.59 Å². The number of halogens is 1. The lowest BCUT2D eigenvalue weighted by molar-refractivity contribution is -0.150. The van der Waals surface area contributed by atoms with Gasteiger partial charge in [-0.2, -0.15) is 0 Å². The summed E-state index contributed by atoms with van der Waals surface area (Å²) in [5, 5.41) is 5.98. The van der Waals surface area contributed by atoms with Crippen LogP contribution in [-0.4, -0.2) is 30.4 Å². The zero-order valence-corrected chi connectivity index (χ0v) is 16.9. The molecule has 2 aromatic rings. The molecule has 2 amide bonds. The largest absolute Gasteiger partial charge is 0.454 e. The molecule has 0 radical (unpaired) electrons. The van der Waals surface area contributed by atoms with E-state index in [2.05, 4.69) is 16.7 Å². The van der Waals surface area contributed by atoms with Crippen LogP contribution in [0.25, 0.3) is 0 Å². The van der Waals surface area contributed by atoms with Gasteiger partial charge < -0.3 is 15.4 Å². The Balaban J connectivity index is 1.47. The Kier molecular flexibility index (Phi) is 6.88. The second kappa shape index (κ2) is 9.56. The maximum Gasteiger partial charge on any atom is 0.328 e. The Hall–Kier alpha value is -2.86. The van der Waals surface area contributed by atoms with E-state index in [9.17, 15) is 14.4 Å². The van der Waals surface area contributed by atoms with Gasteiger partial charge in [0.05, 0.1) is 6.04 Å². The van der Waals surface area contributed by atoms with Crippen LogP contribution in [0.15, 0.2) is 48.5 Å². The highest BCUT2D eigenvalue weighted by molar-refractivity contribution is 6.30. The fourth-order valence-electron chi connectivity index (χ4n) is 3.34. The van der Waals surface area contributed by atoms with Crippen molar-refractivity contribution in [1.29, 1.82) is 0 Å². The molecule has 1 aliphatic carbocycles. The number of fused-ring (bicyclic) bond motifs is 1. The molecule has 7 heteroatoms. The van der Waals surface area contributed by atoms with Gasteiger partial charge in [-0.05, 0) is 61.6 Å². The van der Waals surface area contributed by atoms with Crippen LogP contribution in [0.2, 0.25) is 5.02 Å². The van der Waals surface area contributed by atoms with Crippen LogP contribution < -0.4 is 10.6 Å². The molecule has 2 N–H and O–H groups in total. The number of hydrogen-bond donors (Lipinski definition) is 2. The summed E-state index contributed by atoms with van der Waals surface area (Å²) >= 11 is 5.80. The molecule has 6 nitrogen and oxygen atoms in total. The third kappa shape index (κ3) is 5.57. The van der Waals surface area contributed by atoms with Crippen molar-refractivity contribution in [1.82, 2.24) is 10.6 Å². The van der Waals surface area contributed by atoms with Gasteiger partial charge in [0.25, 0.3) is 11.8 Å². The van der Waals surface area contributed by atoms with Crippen LogP contribution in [-0.2, 0) is 20.7 Å². The van der Waals surface area contributed by atoms with Crippen LogP contribution in [0.4, 0.5) is 0 Å². The fraction of sp³-hybridized carbons (Fsp3) is 0.318. The average molecular weight is 415 g/mol. The first kappa shape index (κ1) is 20.9. The standard InChI is InChI=1S/C22H23ClN2O4/c1-14(24-21(27)16-9-11-17(23)12-10-16)22(28)29-13-20(26)25-19-8-4-6-15-5-2-3-7-18(15)19/h2-3,5,7,9-12,14,19H,4,6,8,13H2,1H3,(H,24,27)(H,25,26)/t14-,19-/m0/s1. The van der Waals surface area contributed by atoms with Crippen molar-refractivity contribution >= 4 is 29.4 Å². The number of benzene rings is 2. The number of carbonyl (C=O) groups excluding carboxylic acids is 3. The number of ether oxygens (including phenoxy) is 1. The lowest BCUT2D eigenvalue weighted by Crippen LogP contribution is -2.41. The van der Waals surface area contributed by atoms with E-state index in [1.165, 1.54) is 12.5 Å². The van der Waals surface area contributed by atoms with E-state index in [0.29, 0.717) is 10.6 Å². The molecule has 0 saturated heterocycles. The molecule has 2 atom stereocenters. The smallest absolute Gasteiger partial charge is 0.328 e. The Labute approximate surface area is 174 Å². The number of amides is 2. The first-order valence-corrected chi connectivity index (χ1v) is 9.92. The number of rotatable bonds is 6. The quantitative estimate of drug-likeness (QED) is 0.711. The summed E-state index contributed by atoms with van der Waals surface area (Å²) in [4.78, 5) is 36.5. The maximum atomic E-state index is 12.2. The zero-order valence-electron chi connectivity index (χ0n) is 16.1. The lowest BCUT2D eigenvalue weighted by atomic mass is 9.88. The van der Waals surface area contributed by atoms with Crippen LogP contribution in [0.5, 0.6) is 0 Å². The molecule has 0 aliphatic heterocycles. The van der Waals surface area contributed by atoms with Gasteiger partial charge in [0.15, 0.2) is 6.61 Å². The van der Waals surface area contributed by atoms with Gasteiger partial charge in [-0.25, -0.2) is 4.79 Å². The molecule has 29 heavy (non-hydrogen) atoms. The molecule has 152 valence electrons. The molecule has 0 heterocycles. The molecule has 0 unspecified atom stereocenters. The summed E-state index contributed by atoms with van der Waals surface area (Å²) < 4.78 is 5.06. The van der Waals surface area contributed by atoms with Crippen molar-refractivity contribution in [3.05, 3.63) is 70.2 Å². The van der Waals surface area contributed by atoms with E-state index >= 15 is 0 Å². The molecule has 0 spiro atoms. The topological polar surface area (TPSA) is 84.5 Å². The first-order chi connectivity index (χ1) is 13.9. The molecular formula is C22H23ClN2O4. The second-order valence-corrected chi connectivity index (χ2v) is 7.46. The minimum atomic E-state index is -0.888. The molecule has 1 aliphatic rings. The van der Waals surface area contributed by atoms with Gasteiger partial charge >= 0.3 is 5.97 Å². The Morgan fingerprint density at radius 2 is 1.86 bits per heavy atom.